The number of pyridine rings is 2. The summed E-state index contributed by atoms with van der Waals surface area (Å²) >= 11 is 0. The summed E-state index contributed by atoms with van der Waals surface area (Å²) in [5, 5.41) is 2.65. The molecule has 1 atom stereocenters. The Balaban J connectivity index is 1.29. The lowest BCUT2D eigenvalue weighted by Crippen LogP contribution is -2.77. The Hall–Kier alpha value is -6.20. The van der Waals surface area contributed by atoms with Crippen LogP contribution < -0.4 is 18.9 Å². The lowest BCUT2D eigenvalue weighted by atomic mass is 9.64. The topological polar surface area (TPSA) is 19.2 Å². The van der Waals surface area contributed by atoms with Crippen LogP contribution in [0.15, 0.2) is 115 Å². The third-order valence-corrected chi connectivity index (χ3v) is 15.3. The Kier molecular flexibility index (Phi) is 4.08. The van der Waals surface area contributed by atoms with Crippen LogP contribution in [0.1, 0.15) is 86.1 Å². The first-order valence-corrected chi connectivity index (χ1v) is 19.9. The molecule has 0 saturated heterocycles. The van der Waals surface area contributed by atoms with Crippen LogP contribution in [-0.2, 0) is 21.9 Å². The number of fused-ring (bicyclic) bond motifs is 8. The van der Waals surface area contributed by atoms with Gasteiger partial charge in [0.05, 0.1) is 22.3 Å². The molecule has 0 radical (unpaired) electrons. The van der Waals surface area contributed by atoms with Crippen LogP contribution in [0, 0.1) is 0 Å². The predicted molar refractivity (Wildman–Crippen MR) is 217 cm³/mol. The maximum atomic E-state index is 2.82. The van der Waals surface area contributed by atoms with Gasteiger partial charge in [-0.15, -0.1) is 0 Å². The largest absolute Gasteiger partial charge is 0.319 e. The number of anilines is 6. The van der Waals surface area contributed by atoms with E-state index in [0.717, 1.165) is 0 Å². The van der Waals surface area contributed by atoms with E-state index in [1.807, 2.05) is 0 Å². The number of hydrogen-bond acceptors (Lipinski definition) is 2. The summed E-state index contributed by atoms with van der Waals surface area (Å²) in [4.78, 5) is 5.36. The van der Waals surface area contributed by atoms with Gasteiger partial charge in [-0.2, -0.15) is 18.9 Å². The lowest BCUT2D eigenvalue weighted by Gasteiger charge is -2.51. The van der Waals surface area contributed by atoms with Crippen LogP contribution in [0.25, 0.3) is 38.9 Å². The molecule has 0 bridgehead atoms. The minimum Gasteiger partial charge on any atom is -0.308 e. The maximum absolute atomic E-state index is 2.82. The van der Waals surface area contributed by atoms with Crippen molar-refractivity contribution in [2.24, 2.45) is 0 Å². The molecule has 10 heterocycles. The third-order valence-electron chi connectivity index (χ3n) is 15.3. The van der Waals surface area contributed by atoms with Gasteiger partial charge in [-0.3, -0.25) is 0 Å². The van der Waals surface area contributed by atoms with E-state index in [1.54, 1.807) is 0 Å². The molecule has 15 rings (SSSR count). The van der Waals surface area contributed by atoms with Crippen molar-refractivity contribution in [3.8, 4) is 17.1 Å². The molecule has 8 aromatic rings. The maximum Gasteiger partial charge on any atom is 0.319 e. The van der Waals surface area contributed by atoms with Crippen molar-refractivity contribution in [2.75, 3.05) is 9.80 Å². The highest BCUT2D eigenvalue weighted by atomic mass is 15.5. The molecule has 5 heteroatoms. The Morgan fingerprint density at radius 1 is 0.455 bits per heavy atom. The number of nitrogens with zero attached hydrogens (tertiary/aromatic N) is 5. The molecule has 260 valence electrons. The highest BCUT2D eigenvalue weighted by molar-refractivity contribution is 6.15. The van der Waals surface area contributed by atoms with Gasteiger partial charge in [0.2, 0.25) is 0 Å². The monoisotopic (exact) mass is 707 g/mol. The van der Waals surface area contributed by atoms with Crippen LogP contribution in [0.2, 0.25) is 0 Å². The molecule has 0 saturated carbocycles. The summed E-state index contributed by atoms with van der Waals surface area (Å²) in [6, 6.07) is 44.9. The molecule has 7 aliphatic heterocycles. The summed E-state index contributed by atoms with van der Waals surface area (Å²) < 4.78 is 8.23. The van der Waals surface area contributed by atoms with Gasteiger partial charge in [0.1, 0.15) is 22.5 Å². The molecule has 7 aliphatic rings. The molecule has 0 N–H and O–H groups in total. The Morgan fingerprint density at radius 3 is 1.96 bits per heavy atom. The van der Waals surface area contributed by atoms with Crippen LogP contribution in [0.4, 0.5) is 34.4 Å². The van der Waals surface area contributed by atoms with E-state index >= 15 is 0 Å². The molecule has 1 unspecified atom stereocenters. The molecule has 5 nitrogen and oxygen atoms in total. The van der Waals surface area contributed by atoms with Crippen LogP contribution in [0.3, 0.4) is 0 Å². The lowest BCUT2D eigenvalue weighted by molar-refractivity contribution is -0.929. The van der Waals surface area contributed by atoms with Gasteiger partial charge in [0.25, 0.3) is 11.6 Å². The molecular weight excluding hydrogens is 671 g/mol. The van der Waals surface area contributed by atoms with E-state index < -0.39 is 5.66 Å². The zero-order chi connectivity index (χ0) is 36.4. The second-order valence-electron chi connectivity index (χ2n) is 18.6. The van der Waals surface area contributed by atoms with Crippen molar-refractivity contribution >= 4 is 56.2 Å². The Bertz CT molecular complexity index is 3310. The van der Waals surface area contributed by atoms with Gasteiger partial charge in [-0.25, -0.2) is 0 Å². The second kappa shape index (κ2) is 7.94. The Labute approximate surface area is 318 Å². The van der Waals surface area contributed by atoms with Gasteiger partial charge in [0, 0.05) is 60.9 Å². The second-order valence-corrected chi connectivity index (χ2v) is 18.6. The standard InChI is InChI=1S/C50H37N5/c1-47(2)28-14-8-10-18-35(28)52-39-20-12-19-36-37-23-22-32-46-53-43-29(15-11-16-30(43)49(32,5)6)48(3,4)31-21-24-38-40(44(31)53)50(54(36)39,55(37)46)41-42-27(25-33(47)45(41)52)26-13-7-9-17-34(26)51(38)42/h7-25H,1-6H3/q+2. The van der Waals surface area contributed by atoms with E-state index in [-0.39, 0.29) is 16.2 Å². The first kappa shape index (κ1) is 28.3. The van der Waals surface area contributed by atoms with E-state index in [4.69, 9.17) is 0 Å². The minimum absolute atomic E-state index is 0.211. The van der Waals surface area contributed by atoms with Crippen molar-refractivity contribution in [1.29, 1.82) is 0 Å². The van der Waals surface area contributed by atoms with Crippen molar-refractivity contribution in [3.05, 3.63) is 160 Å². The molecule has 0 aliphatic carbocycles. The first-order chi connectivity index (χ1) is 26.6. The molecular formula is C50H37N5+2. The molecule has 1 spiro atoms. The normalized spacial score (nSPS) is 21.0. The molecule has 0 amide bonds. The summed E-state index contributed by atoms with van der Waals surface area (Å²) in [6.07, 6.45) is 0. The number of aromatic nitrogens is 3. The fourth-order valence-corrected chi connectivity index (χ4v) is 13.0. The number of para-hydroxylation sites is 3. The van der Waals surface area contributed by atoms with Crippen molar-refractivity contribution in [3.63, 3.8) is 0 Å². The molecule has 0 fully saturated rings. The fourth-order valence-electron chi connectivity index (χ4n) is 13.0. The van der Waals surface area contributed by atoms with Gasteiger partial charge >= 0.3 is 5.66 Å². The molecule has 55 heavy (non-hydrogen) atoms. The zero-order valence-corrected chi connectivity index (χ0v) is 31.7. The van der Waals surface area contributed by atoms with Gasteiger partial charge in [-0.1, -0.05) is 102 Å². The third kappa shape index (κ3) is 2.46. The molecule has 3 aromatic heterocycles. The van der Waals surface area contributed by atoms with E-state index in [1.165, 1.54) is 118 Å². The van der Waals surface area contributed by atoms with Gasteiger partial charge in [0.15, 0.2) is 22.8 Å². The smallest absolute Gasteiger partial charge is 0.308 e. The van der Waals surface area contributed by atoms with Crippen molar-refractivity contribution < 1.29 is 9.13 Å². The van der Waals surface area contributed by atoms with Gasteiger partial charge < -0.3 is 4.57 Å². The number of hydrogen-bond donors (Lipinski definition) is 0. The molecule has 5 aromatic carbocycles. The summed E-state index contributed by atoms with van der Waals surface area (Å²) in [6.45, 7) is 14.7. The summed E-state index contributed by atoms with van der Waals surface area (Å²) in [5.74, 6) is 2.54. The number of rotatable bonds is 0. The van der Waals surface area contributed by atoms with E-state index in [0.29, 0.717) is 0 Å². The van der Waals surface area contributed by atoms with Crippen LogP contribution in [-0.4, -0.2) is 4.57 Å². The fraction of sp³-hybridized carbons (Fsp3) is 0.200. The van der Waals surface area contributed by atoms with Gasteiger partial charge in [-0.05, 0) is 48.5 Å². The highest BCUT2D eigenvalue weighted by Crippen LogP contribution is 2.69. The Morgan fingerprint density at radius 2 is 1.11 bits per heavy atom. The highest BCUT2D eigenvalue weighted by Gasteiger charge is 2.73. The average molecular weight is 708 g/mol. The average Bonchev–Trinajstić information content (AvgIpc) is 3.68. The first-order valence-electron chi connectivity index (χ1n) is 19.9. The summed E-state index contributed by atoms with van der Waals surface area (Å²) in [5.41, 5.74) is 21.6. The van der Waals surface area contributed by atoms with Crippen molar-refractivity contribution in [1.82, 2.24) is 4.57 Å². The quantitative estimate of drug-likeness (QED) is 0.146. The minimum atomic E-state index is -0.660. The van der Waals surface area contributed by atoms with E-state index in [9.17, 15) is 0 Å². The number of benzene rings is 5. The van der Waals surface area contributed by atoms with Crippen molar-refractivity contribution in [2.45, 2.75) is 63.5 Å². The summed E-state index contributed by atoms with van der Waals surface area (Å²) in [7, 11) is 0. The predicted octanol–water partition coefficient (Wildman–Crippen LogP) is 10.4. The SMILES string of the molecule is CC1(C)c2cccc3c2N2c4c1ccc1c4C45c6c7c(cc8c9ccccc9n-1c68)C(C)(C)c1ccccc1N7c1cccc([n+]14)-c1ccc(c2[n+]15)C3(C)C. The van der Waals surface area contributed by atoms with Crippen LogP contribution in [0.5, 0.6) is 0 Å². The van der Waals surface area contributed by atoms with Crippen LogP contribution >= 0.6 is 0 Å². The zero-order valence-electron chi connectivity index (χ0n) is 31.7. The van der Waals surface area contributed by atoms with E-state index in [2.05, 4.69) is 180 Å².